The number of hydrogen-bond donors (Lipinski definition) is 1. The van der Waals surface area contributed by atoms with Crippen LogP contribution in [0.4, 0.5) is 5.95 Å². The standard InChI is InChI=1S/C16H21N3O/c1-5-7-17-16-18-8-6-13(19-16)15-12(3)9-11(2)10-14(15)20-4/h6,8-10H,5,7H2,1-4H3,(H,17,18,19). The molecule has 0 aliphatic carbocycles. The van der Waals surface area contributed by atoms with Gasteiger partial charge in [-0.1, -0.05) is 13.0 Å². The molecule has 0 aliphatic heterocycles. The highest BCUT2D eigenvalue weighted by atomic mass is 16.5. The molecule has 0 radical (unpaired) electrons. The van der Waals surface area contributed by atoms with Crippen molar-refractivity contribution in [3.8, 4) is 17.0 Å². The van der Waals surface area contributed by atoms with Crippen molar-refractivity contribution in [3.05, 3.63) is 35.5 Å². The van der Waals surface area contributed by atoms with Crippen molar-refractivity contribution in [3.63, 3.8) is 0 Å². The summed E-state index contributed by atoms with van der Waals surface area (Å²) in [6, 6.07) is 6.08. The number of aryl methyl sites for hydroxylation is 2. The average Bonchev–Trinajstić information content (AvgIpc) is 2.44. The maximum Gasteiger partial charge on any atom is 0.223 e. The van der Waals surface area contributed by atoms with E-state index in [2.05, 4.69) is 42.1 Å². The normalized spacial score (nSPS) is 10.4. The maximum atomic E-state index is 5.50. The van der Waals surface area contributed by atoms with Crippen molar-refractivity contribution in [2.75, 3.05) is 19.0 Å². The highest BCUT2D eigenvalue weighted by Crippen LogP contribution is 2.33. The second kappa shape index (κ2) is 6.37. The summed E-state index contributed by atoms with van der Waals surface area (Å²) in [7, 11) is 1.69. The molecule has 20 heavy (non-hydrogen) atoms. The van der Waals surface area contributed by atoms with Gasteiger partial charge in [0, 0.05) is 18.3 Å². The summed E-state index contributed by atoms with van der Waals surface area (Å²) in [4.78, 5) is 8.82. The fourth-order valence-electron chi connectivity index (χ4n) is 2.24. The monoisotopic (exact) mass is 271 g/mol. The van der Waals surface area contributed by atoms with Crippen molar-refractivity contribution in [1.29, 1.82) is 0 Å². The number of hydrogen-bond acceptors (Lipinski definition) is 4. The van der Waals surface area contributed by atoms with E-state index in [0.29, 0.717) is 5.95 Å². The van der Waals surface area contributed by atoms with Crippen molar-refractivity contribution >= 4 is 5.95 Å². The van der Waals surface area contributed by atoms with E-state index in [0.717, 1.165) is 35.5 Å². The first-order valence-electron chi connectivity index (χ1n) is 6.88. The zero-order chi connectivity index (χ0) is 14.5. The Bertz CT molecular complexity index is 596. The van der Waals surface area contributed by atoms with Crippen LogP contribution in [0.15, 0.2) is 24.4 Å². The first kappa shape index (κ1) is 14.3. The van der Waals surface area contributed by atoms with E-state index in [4.69, 9.17) is 4.74 Å². The Balaban J connectivity index is 2.45. The predicted octanol–water partition coefficient (Wildman–Crippen LogP) is 3.59. The quantitative estimate of drug-likeness (QED) is 0.902. The summed E-state index contributed by atoms with van der Waals surface area (Å²) in [5.41, 5.74) is 4.25. The minimum Gasteiger partial charge on any atom is -0.496 e. The summed E-state index contributed by atoms with van der Waals surface area (Å²) < 4.78 is 5.50. The first-order valence-corrected chi connectivity index (χ1v) is 6.88. The predicted molar refractivity (Wildman–Crippen MR) is 82.3 cm³/mol. The molecule has 0 aliphatic rings. The van der Waals surface area contributed by atoms with Crippen LogP contribution in [0.25, 0.3) is 11.3 Å². The van der Waals surface area contributed by atoms with Crippen LogP contribution >= 0.6 is 0 Å². The van der Waals surface area contributed by atoms with Crippen LogP contribution in [0, 0.1) is 13.8 Å². The van der Waals surface area contributed by atoms with Gasteiger partial charge in [-0.2, -0.15) is 0 Å². The van der Waals surface area contributed by atoms with Crippen LogP contribution in [0.3, 0.4) is 0 Å². The van der Waals surface area contributed by atoms with Gasteiger partial charge < -0.3 is 10.1 Å². The summed E-state index contributed by atoms with van der Waals surface area (Å²) >= 11 is 0. The maximum absolute atomic E-state index is 5.50. The largest absolute Gasteiger partial charge is 0.496 e. The summed E-state index contributed by atoms with van der Waals surface area (Å²) in [6.45, 7) is 7.12. The van der Waals surface area contributed by atoms with Gasteiger partial charge in [0.25, 0.3) is 0 Å². The zero-order valence-electron chi connectivity index (χ0n) is 12.5. The molecule has 0 bridgehead atoms. The molecule has 0 saturated carbocycles. The minimum absolute atomic E-state index is 0.659. The average molecular weight is 271 g/mol. The van der Waals surface area contributed by atoms with Gasteiger partial charge in [-0.15, -0.1) is 0 Å². The van der Waals surface area contributed by atoms with Crippen LogP contribution in [-0.4, -0.2) is 23.6 Å². The minimum atomic E-state index is 0.659. The first-order chi connectivity index (χ1) is 9.65. The van der Waals surface area contributed by atoms with Gasteiger partial charge in [0.1, 0.15) is 5.75 Å². The molecule has 1 aromatic carbocycles. The number of nitrogens with one attached hydrogen (secondary N) is 1. The number of anilines is 1. The Morgan fingerprint density at radius 1 is 1.25 bits per heavy atom. The molecule has 2 aromatic rings. The lowest BCUT2D eigenvalue weighted by molar-refractivity contribution is 0.415. The van der Waals surface area contributed by atoms with E-state index in [-0.39, 0.29) is 0 Å². The molecule has 4 nitrogen and oxygen atoms in total. The summed E-state index contributed by atoms with van der Waals surface area (Å²) in [5.74, 6) is 1.51. The molecule has 1 heterocycles. The van der Waals surface area contributed by atoms with Gasteiger partial charge >= 0.3 is 0 Å². The number of ether oxygens (including phenoxy) is 1. The number of methoxy groups -OCH3 is 1. The van der Waals surface area contributed by atoms with Crippen LogP contribution < -0.4 is 10.1 Å². The SMILES string of the molecule is CCCNc1nccc(-c2c(C)cc(C)cc2OC)n1. The second-order valence-corrected chi connectivity index (χ2v) is 4.85. The Labute approximate surface area is 120 Å². The number of aromatic nitrogens is 2. The third kappa shape index (κ3) is 3.07. The van der Waals surface area contributed by atoms with E-state index in [9.17, 15) is 0 Å². The van der Waals surface area contributed by atoms with Gasteiger partial charge in [0.15, 0.2) is 0 Å². The highest BCUT2D eigenvalue weighted by Gasteiger charge is 2.12. The molecule has 1 aromatic heterocycles. The van der Waals surface area contributed by atoms with Crippen molar-refractivity contribution in [2.45, 2.75) is 27.2 Å². The number of nitrogens with zero attached hydrogens (tertiary/aromatic N) is 2. The molecule has 4 heteroatoms. The van der Waals surface area contributed by atoms with E-state index in [1.165, 1.54) is 5.56 Å². The van der Waals surface area contributed by atoms with Crippen LogP contribution in [-0.2, 0) is 0 Å². The summed E-state index contributed by atoms with van der Waals surface area (Å²) in [5, 5.41) is 3.21. The third-order valence-corrected chi connectivity index (χ3v) is 3.11. The molecule has 1 N–H and O–H groups in total. The molecule has 0 atom stereocenters. The van der Waals surface area contributed by atoms with Crippen LogP contribution in [0.5, 0.6) is 5.75 Å². The van der Waals surface area contributed by atoms with Crippen LogP contribution in [0.1, 0.15) is 24.5 Å². The Hall–Kier alpha value is -2.10. The topological polar surface area (TPSA) is 47.0 Å². The van der Waals surface area contributed by atoms with E-state index >= 15 is 0 Å². The fourth-order valence-corrected chi connectivity index (χ4v) is 2.24. The van der Waals surface area contributed by atoms with Gasteiger partial charge in [-0.3, -0.25) is 0 Å². The van der Waals surface area contributed by atoms with E-state index < -0.39 is 0 Å². The molecular weight excluding hydrogens is 250 g/mol. The second-order valence-electron chi connectivity index (χ2n) is 4.85. The van der Waals surface area contributed by atoms with Gasteiger partial charge in [0.05, 0.1) is 12.8 Å². The zero-order valence-corrected chi connectivity index (χ0v) is 12.5. The lowest BCUT2D eigenvalue weighted by Crippen LogP contribution is -2.05. The lowest BCUT2D eigenvalue weighted by Gasteiger charge is -2.13. The molecule has 106 valence electrons. The molecular formula is C16H21N3O. The Kier molecular flexibility index (Phi) is 4.56. The Morgan fingerprint density at radius 2 is 2.05 bits per heavy atom. The van der Waals surface area contributed by atoms with Gasteiger partial charge in [-0.05, 0) is 43.5 Å². The molecule has 0 unspecified atom stereocenters. The molecule has 0 amide bonds. The van der Waals surface area contributed by atoms with Gasteiger partial charge in [-0.25, -0.2) is 9.97 Å². The van der Waals surface area contributed by atoms with Crippen LogP contribution in [0.2, 0.25) is 0 Å². The molecule has 2 rings (SSSR count). The molecule has 0 saturated heterocycles. The highest BCUT2D eigenvalue weighted by molar-refractivity contribution is 5.72. The summed E-state index contributed by atoms with van der Waals surface area (Å²) in [6.07, 6.45) is 2.82. The number of benzene rings is 1. The number of rotatable bonds is 5. The van der Waals surface area contributed by atoms with Crippen molar-refractivity contribution in [2.24, 2.45) is 0 Å². The van der Waals surface area contributed by atoms with E-state index in [1.54, 1.807) is 13.3 Å². The fraction of sp³-hybridized carbons (Fsp3) is 0.375. The van der Waals surface area contributed by atoms with Gasteiger partial charge in [0.2, 0.25) is 5.95 Å². The molecule has 0 spiro atoms. The van der Waals surface area contributed by atoms with Crippen molar-refractivity contribution in [1.82, 2.24) is 9.97 Å². The smallest absolute Gasteiger partial charge is 0.223 e. The van der Waals surface area contributed by atoms with Crippen molar-refractivity contribution < 1.29 is 4.74 Å². The van der Waals surface area contributed by atoms with E-state index in [1.807, 2.05) is 12.1 Å². The third-order valence-electron chi connectivity index (χ3n) is 3.11. The lowest BCUT2D eigenvalue weighted by atomic mass is 10.0. The Morgan fingerprint density at radius 3 is 2.75 bits per heavy atom. The molecule has 0 fully saturated rings.